The van der Waals surface area contributed by atoms with Crippen LogP contribution in [0.2, 0.25) is 0 Å². The molecule has 0 bridgehead atoms. The summed E-state index contributed by atoms with van der Waals surface area (Å²) in [6, 6.07) is 8.54. The van der Waals surface area contributed by atoms with Gasteiger partial charge in [0, 0.05) is 0 Å². The maximum absolute atomic E-state index is 13.6. The van der Waals surface area contributed by atoms with Gasteiger partial charge >= 0.3 is 12.0 Å². The van der Waals surface area contributed by atoms with Gasteiger partial charge in [-0.25, -0.2) is 18.4 Å². The number of hydrogen-bond donors (Lipinski definition) is 1. The van der Waals surface area contributed by atoms with Crippen LogP contribution in [0.5, 0.6) is 5.75 Å². The summed E-state index contributed by atoms with van der Waals surface area (Å²) >= 11 is 0. The molecule has 1 heterocycles. The third-order valence-corrected chi connectivity index (χ3v) is 4.63. The molecule has 7 nitrogen and oxygen atoms in total. The summed E-state index contributed by atoms with van der Waals surface area (Å²) in [5.41, 5.74) is -1.01. The van der Waals surface area contributed by atoms with E-state index in [1.165, 1.54) is 32.2 Å². The molecule has 1 aliphatic rings. The van der Waals surface area contributed by atoms with Gasteiger partial charge in [0.1, 0.15) is 17.9 Å². The molecule has 3 amide bonds. The summed E-state index contributed by atoms with van der Waals surface area (Å²) < 4.78 is 36.8. The molecule has 0 spiro atoms. The van der Waals surface area contributed by atoms with Crippen molar-refractivity contribution in [2.45, 2.75) is 12.5 Å². The summed E-state index contributed by atoms with van der Waals surface area (Å²) in [6.45, 7) is 1.37. The minimum atomic E-state index is -1.51. The van der Waals surface area contributed by atoms with Crippen LogP contribution in [-0.2, 0) is 15.1 Å². The monoisotopic (exact) mass is 404 g/mol. The number of nitrogens with zero attached hydrogens (tertiary/aromatic N) is 1. The van der Waals surface area contributed by atoms with Crippen molar-refractivity contribution in [2.24, 2.45) is 0 Å². The molecule has 1 fully saturated rings. The molecule has 0 radical (unpaired) electrons. The fraction of sp³-hybridized carbons (Fsp3) is 0.250. The van der Waals surface area contributed by atoms with Crippen molar-refractivity contribution in [2.75, 3.05) is 20.3 Å². The average Bonchev–Trinajstić information content (AvgIpc) is 2.93. The van der Waals surface area contributed by atoms with Crippen LogP contribution in [0.1, 0.15) is 22.8 Å². The number of carbonyl (C=O) groups excluding carboxylic acids is 3. The van der Waals surface area contributed by atoms with Gasteiger partial charge in [0.15, 0.2) is 11.6 Å². The summed E-state index contributed by atoms with van der Waals surface area (Å²) in [4.78, 5) is 37.3. The molecule has 3 rings (SSSR count). The van der Waals surface area contributed by atoms with E-state index in [2.05, 4.69) is 10.1 Å². The predicted molar refractivity (Wildman–Crippen MR) is 97.2 cm³/mol. The van der Waals surface area contributed by atoms with Crippen LogP contribution >= 0.6 is 0 Å². The number of ether oxygens (including phenoxy) is 2. The smallest absolute Gasteiger partial charge is 0.337 e. The minimum Gasteiger partial charge on any atom is -0.492 e. The minimum absolute atomic E-state index is 0.00455. The largest absolute Gasteiger partial charge is 0.492 e. The van der Waals surface area contributed by atoms with Crippen LogP contribution in [0.4, 0.5) is 13.6 Å². The molecule has 0 saturated carbocycles. The van der Waals surface area contributed by atoms with Crippen LogP contribution in [0.25, 0.3) is 0 Å². The van der Waals surface area contributed by atoms with E-state index in [1.54, 1.807) is 12.1 Å². The third-order valence-electron chi connectivity index (χ3n) is 4.63. The molecule has 2 aromatic carbocycles. The second kappa shape index (κ2) is 7.86. The number of methoxy groups -OCH3 is 1. The maximum atomic E-state index is 13.6. The van der Waals surface area contributed by atoms with Gasteiger partial charge in [-0.3, -0.25) is 9.69 Å². The zero-order valence-electron chi connectivity index (χ0n) is 15.7. The number of rotatable bonds is 6. The molecule has 0 aliphatic carbocycles. The molecular formula is C20H18F2N2O5. The van der Waals surface area contributed by atoms with Gasteiger partial charge in [-0.15, -0.1) is 0 Å². The Bertz CT molecular complexity index is 964. The van der Waals surface area contributed by atoms with Gasteiger partial charge in [0.05, 0.1) is 19.2 Å². The summed E-state index contributed by atoms with van der Waals surface area (Å²) in [7, 11) is 1.28. The van der Waals surface area contributed by atoms with Crippen molar-refractivity contribution in [3.05, 3.63) is 65.2 Å². The molecule has 1 unspecified atom stereocenters. The summed E-state index contributed by atoms with van der Waals surface area (Å²) in [5, 5.41) is 2.51. The zero-order valence-corrected chi connectivity index (χ0v) is 15.7. The van der Waals surface area contributed by atoms with Crippen LogP contribution in [0, 0.1) is 11.6 Å². The normalized spacial score (nSPS) is 18.6. The lowest BCUT2D eigenvalue weighted by Gasteiger charge is -2.22. The van der Waals surface area contributed by atoms with Gasteiger partial charge in [-0.2, -0.15) is 0 Å². The number of carbonyl (C=O) groups is 3. The van der Waals surface area contributed by atoms with Crippen LogP contribution < -0.4 is 10.1 Å². The topological polar surface area (TPSA) is 84.9 Å². The quantitative estimate of drug-likeness (QED) is 0.591. The van der Waals surface area contributed by atoms with Crippen LogP contribution in [0.3, 0.4) is 0 Å². The Hall–Kier alpha value is -3.49. The molecule has 2 aromatic rings. The fourth-order valence-corrected chi connectivity index (χ4v) is 2.96. The van der Waals surface area contributed by atoms with Crippen molar-refractivity contribution in [3.63, 3.8) is 0 Å². The molecule has 1 aliphatic heterocycles. The first-order valence-corrected chi connectivity index (χ1v) is 8.67. The Morgan fingerprint density at radius 3 is 2.41 bits per heavy atom. The lowest BCUT2D eigenvalue weighted by molar-refractivity contribution is -0.131. The molecule has 152 valence electrons. The van der Waals surface area contributed by atoms with Gasteiger partial charge in [0.2, 0.25) is 0 Å². The highest BCUT2D eigenvalue weighted by Gasteiger charge is 2.49. The van der Waals surface area contributed by atoms with Crippen LogP contribution in [0.15, 0.2) is 42.5 Å². The number of halogens is 2. The van der Waals surface area contributed by atoms with Crippen molar-refractivity contribution in [1.29, 1.82) is 0 Å². The van der Waals surface area contributed by atoms with Crippen molar-refractivity contribution in [1.82, 2.24) is 10.2 Å². The van der Waals surface area contributed by atoms with Crippen molar-refractivity contribution < 1.29 is 32.6 Å². The van der Waals surface area contributed by atoms with E-state index in [1.807, 2.05) is 0 Å². The van der Waals surface area contributed by atoms with Gasteiger partial charge in [0.25, 0.3) is 5.91 Å². The van der Waals surface area contributed by atoms with E-state index >= 15 is 0 Å². The Labute approximate surface area is 165 Å². The second-order valence-corrected chi connectivity index (χ2v) is 6.51. The summed E-state index contributed by atoms with van der Waals surface area (Å²) in [5.74, 6) is -2.79. The number of urea groups is 1. The zero-order chi connectivity index (χ0) is 21.2. The Balaban J connectivity index is 1.64. The third kappa shape index (κ3) is 3.89. The lowest BCUT2D eigenvalue weighted by Crippen LogP contribution is -2.41. The van der Waals surface area contributed by atoms with Gasteiger partial charge in [-0.05, 0) is 48.9 Å². The molecule has 1 N–H and O–H groups in total. The highest BCUT2D eigenvalue weighted by Crippen LogP contribution is 2.29. The molecule has 29 heavy (non-hydrogen) atoms. The first-order valence-electron chi connectivity index (χ1n) is 8.67. The number of imide groups is 1. The standard InChI is InChI=1S/C20H18F2N2O5/c1-20(13-5-8-15(21)16(22)11-13)18(26)24(19(27)23-20)9-10-29-14-6-3-12(4-7-14)17(25)28-2/h3-8,11H,9-10H2,1-2H3,(H,23,27). The van der Waals surface area contributed by atoms with Crippen molar-refractivity contribution in [3.8, 4) is 5.75 Å². The lowest BCUT2D eigenvalue weighted by atomic mass is 9.92. The van der Waals surface area contributed by atoms with E-state index in [9.17, 15) is 23.2 Å². The predicted octanol–water partition coefficient (Wildman–Crippen LogP) is 2.60. The molecular weight excluding hydrogens is 386 g/mol. The van der Waals surface area contributed by atoms with E-state index in [0.29, 0.717) is 11.3 Å². The Morgan fingerprint density at radius 2 is 1.79 bits per heavy atom. The van der Waals surface area contributed by atoms with Crippen LogP contribution in [-0.4, -0.2) is 43.1 Å². The Morgan fingerprint density at radius 1 is 1.10 bits per heavy atom. The number of hydrogen-bond acceptors (Lipinski definition) is 5. The van der Waals surface area contributed by atoms with E-state index in [0.717, 1.165) is 17.0 Å². The molecule has 1 atom stereocenters. The highest BCUT2D eigenvalue weighted by molar-refractivity contribution is 6.07. The first kappa shape index (κ1) is 20.2. The number of esters is 1. The molecule has 1 saturated heterocycles. The second-order valence-electron chi connectivity index (χ2n) is 6.51. The molecule has 9 heteroatoms. The van der Waals surface area contributed by atoms with E-state index in [4.69, 9.17) is 4.74 Å². The highest BCUT2D eigenvalue weighted by atomic mass is 19.2. The van der Waals surface area contributed by atoms with E-state index < -0.39 is 35.1 Å². The van der Waals surface area contributed by atoms with Gasteiger partial charge in [-0.1, -0.05) is 6.07 Å². The molecule has 0 aromatic heterocycles. The Kier molecular flexibility index (Phi) is 5.49. The summed E-state index contributed by atoms with van der Waals surface area (Å²) in [6.07, 6.45) is 0. The number of nitrogens with one attached hydrogen (secondary N) is 1. The first-order chi connectivity index (χ1) is 13.8. The van der Waals surface area contributed by atoms with Crippen molar-refractivity contribution >= 4 is 17.9 Å². The van der Waals surface area contributed by atoms with Gasteiger partial charge < -0.3 is 14.8 Å². The number of benzene rings is 2. The van der Waals surface area contributed by atoms with E-state index in [-0.39, 0.29) is 18.7 Å². The average molecular weight is 404 g/mol. The fourth-order valence-electron chi connectivity index (χ4n) is 2.96. The number of amides is 3. The SMILES string of the molecule is COC(=O)c1ccc(OCCN2C(=O)NC(C)(c3ccc(F)c(F)c3)C2=O)cc1. The maximum Gasteiger partial charge on any atom is 0.337 e.